The van der Waals surface area contributed by atoms with Gasteiger partial charge in [-0.2, -0.15) is 26.3 Å². The van der Waals surface area contributed by atoms with E-state index in [1.807, 2.05) is 0 Å². The number of nitrogens with one attached hydrogen (secondary N) is 1. The van der Waals surface area contributed by atoms with Gasteiger partial charge in [-0.15, -0.1) is 19.0 Å². The van der Waals surface area contributed by atoms with Crippen molar-refractivity contribution in [3.63, 3.8) is 0 Å². The molecule has 0 aromatic heterocycles. The fraction of sp³-hybridized carbons (Fsp3) is 0.579. The van der Waals surface area contributed by atoms with Crippen LogP contribution < -0.4 is 5.32 Å². The van der Waals surface area contributed by atoms with Gasteiger partial charge in [-0.1, -0.05) is 12.5 Å². The molecule has 1 heterocycles. The third-order valence-corrected chi connectivity index (χ3v) is 4.82. The second-order valence-corrected chi connectivity index (χ2v) is 6.79. The van der Waals surface area contributed by atoms with Gasteiger partial charge in [-0.3, -0.25) is 4.90 Å². The molecule has 1 N–H and O–H groups in total. The molecule has 0 spiro atoms. The molecule has 0 unspecified atom stereocenters. The van der Waals surface area contributed by atoms with E-state index in [0.29, 0.717) is 45.4 Å². The third-order valence-electron chi connectivity index (χ3n) is 4.82. The molecule has 1 aliphatic heterocycles. The topological polar surface area (TPSA) is 15.3 Å². The van der Waals surface area contributed by atoms with E-state index >= 15 is 0 Å². The monoisotopic (exact) mass is 448 g/mol. The van der Waals surface area contributed by atoms with Gasteiger partial charge in [0.15, 0.2) is 0 Å². The van der Waals surface area contributed by atoms with Crippen LogP contribution in [-0.4, -0.2) is 31.1 Å². The first-order valence-corrected chi connectivity index (χ1v) is 9.09. The van der Waals surface area contributed by atoms with Crippen LogP contribution in [0.3, 0.4) is 0 Å². The van der Waals surface area contributed by atoms with Crippen LogP contribution in [0, 0.1) is 5.82 Å². The number of allylic oxidation sites excluding steroid dienone is 1. The Bertz CT molecular complexity index is 668. The first-order chi connectivity index (χ1) is 13.1. The average molecular weight is 449 g/mol. The number of hydrogen-bond acceptors (Lipinski definition) is 2. The normalized spacial score (nSPS) is 16.9. The van der Waals surface area contributed by atoms with E-state index in [9.17, 15) is 30.7 Å². The summed E-state index contributed by atoms with van der Waals surface area (Å²) in [5.74, 6) is -1.46. The summed E-state index contributed by atoms with van der Waals surface area (Å²) in [5.41, 5.74) is -3.88. The van der Waals surface area contributed by atoms with Gasteiger partial charge in [-0.25, -0.2) is 4.39 Å². The maximum absolute atomic E-state index is 14.7. The number of piperazine rings is 1. The average Bonchev–Trinajstić information content (AvgIpc) is 2.61. The minimum Gasteiger partial charge on any atom is -0.314 e. The zero-order valence-electron chi connectivity index (χ0n) is 15.7. The van der Waals surface area contributed by atoms with Gasteiger partial charge in [0.25, 0.3) is 0 Å². The lowest BCUT2D eigenvalue weighted by Crippen LogP contribution is -2.45. The van der Waals surface area contributed by atoms with Crippen molar-refractivity contribution in [3.05, 3.63) is 47.3 Å². The summed E-state index contributed by atoms with van der Waals surface area (Å²) in [6.07, 6.45) is -6.42. The van der Waals surface area contributed by atoms with Crippen molar-refractivity contribution in [1.29, 1.82) is 0 Å². The number of rotatable bonds is 7. The molecular formula is C19H24ClF7N2. The van der Waals surface area contributed by atoms with Gasteiger partial charge in [-0.05, 0) is 31.4 Å². The summed E-state index contributed by atoms with van der Waals surface area (Å²) >= 11 is 0. The van der Waals surface area contributed by atoms with E-state index in [1.165, 1.54) is 0 Å². The van der Waals surface area contributed by atoms with Crippen LogP contribution in [0.5, 0.6) is 0 Å². The summed E-state index contributed by atoms with van der Waals surface area (Å²) in [6.45, 7) is 5.41. The summed E-state index contributed by atoms with van der Waals surface area (Å²) in [6, 6.07) is -0.744. The molecular weight excluding hydrogens is 425 g/mol. The predicted molar refractivity (Wildman–Crippen MR) is 99.5 cm³/mol. The van der Waals surface area contributed by atoms with Gasteiger partial charge < -0.3 is 5.32 Å². The second kappa shape index (κ2) is 10.6. The molecule has 0 amide bonds. The number of hydrogen-bond donors (Lipinski definition) is 1. The zero-order chi connectivity index (χ0) is 20.9. The molecule has 0 bridgehead atoms. The lowest BCUT2D eigenvalue weighted by atomic mass is 9.91. The van der Waals surface area contributed by atoms with Crippen molar-refractivity contribution in [3.8, 4) is 0 Å². The molecule has 29 heavy (non-hydrogen) atoms. The summed E-state index contributed by atoms with van der Waals surface area (Å²) in [4.78, 5) is 1.71. The summed E-state index contributed by atoms with van der Waals surface area (Å²) < 4.78 is 94.3. The zero-order valence-corrected chi connectivity index (χ0v) is 16.5. The number of nitrogens with zero attached hydrogens (tertiary/aromatic N) is 1. The van der Waals surface area contributed by atoms with Gasteiger partial charge in [0.1, 0.15) is 5.82 Å². The molecule has 1 saturated heterocycles. The molecule has 1 aromatic rings. The van der Waals surface area contributed by atoms with Gasteiger partial charge in [0, 0.05) is 37.8 Å². The molecule has 0 saturated carbocycles. The maximum Gasteiger partial charge on any atom is 0.416 e. The highest BCUT2D eigenvalue weighted by Gasteiger charge is 2.42. The summed E-state index contributed by atoms with van der Waals surface area (Å²) in [5, 5.41) is 3.07. The van der Waals surface area contributed by atoms with E-state index in [-0.39, 0.29) is 31.0 Å². The standard InChI is InChI=1S/C19H23F7N2.ClH/c1-2-3-4-5-6-16(28-9-7-27-8-10-28)17-14(19(24,25)26)11-13(12-15(17)20)18(21,22)23;/h2,11-12,16,27H,1,3-10H2;1H/t16-;/m1./s1. The largest absolute Gasteiger partial charge is 0.416 e. The smallest absolute Gasteiger partial charge is 0.314 e. The molecule has 1 fully saturated rings. The maximum atomic E-state index is 14.7. The van der Waals surface area contributed by atoms with Crippen molar-refractivity contribution in [2.24, 2.45) is 0 Å². The molecule has 1 aliphatic rings. The first kappa shape index (κ1) is 25.7. The van der Waals surface area contributed by atoms with Crippen molar-refractivity contribution in [2.45, 2.75) is 44.1 Å². The van der Waals surface area contributed by atoms with Crippen molar-refractivity contribution < 1.29 is 30.7 Å². The molecule has 1 aromatic carbocycles. The van der Waals surface area contributed by atoms with Gasteiger partial charge in [0.2, 0.25) is 0 Å². The van der Waals surface area contributed by atoms with Gasteiger partial charge >= 0.3 is 12.4 Å². The van der Waals surface area contributed by atoms with Crippen LogP contribution in [0.1, 0.15) is 48.4 Å². The Kier molecular flexibility index (Phi) is 9.43. The Labute approximate surface area is 171 Å². The summed E-state index contributed by atoms with van der Waals surface area (Å²) in [7, 11) is 0. The van der Waals surface area contributed by atoms with Crippen molar-refractivity contribution in [1.82, 2.24) is 10.2 Å². The Balaban J connectivity index is 0.00000420. The minimum absolute atomic E-state index is 0. The molecule has 166 valence electrons. The van der Waals surface area contributed by atoms with Crippen LogP contribution in [0.15, 0.2) is 24.8 Å². The highest BCUT2D eigenvalue weighted by atomic mass is 35.5. The number of benzene rings is 1. The molecule has 0 radical (unpaired) electrons. The predicted octanol–water partition coefficient (Wildman–Crippen LogP) is 5.98. The minimum atomic E-state index is -5.09. The second-order valence-electron chi connectivity index (χ2n) is 6.79. The quantitative estimate of drug-likeness (QED) is 0.314. The van der Waals surface area contributed by atoms with E-state index in [4.69, 9.17) is 0 Å². The Morgan fingerprint density at radius 1 is 1.03 bits per heavy atom. The fourth-order valence-corrected chi connectivity index (χ4v) is 3.48. The van der Waals surface area contributed by atoms with E-state index < -0.39 is 40.9 Å². The van der Waals surface area contributed by atoms with Crippen LogP contribution in [0.25, 0.3) is 0 Å². The van der Waals surface area contributed by atoms with Crippen molar-refractivity contribution >= 4 is 12.4 Å². The highest BCUT2D eigenvalue weighted by Crippen LogP contribution is 2.43. The van der Waals surface area contributed by atoms with E-state index in [1.54, 1.807) is 11.0 Å². The van der Waals surface area contributed by atoms with E-state index in [0.717, 1.165) is 0 Å². The molecule has 0 aliphatic carbocycles. The molecule has 1 atom stereocenters. The molecule has 2 nitrogen and oxygen atoms in total. The lowest BCUT2D eigenvalue weighted by Gasteiger charge is -2.36. The van der Waals surface area contributed by atoms with Crippen LogP contribution >= 0.6 is 12.4 Å². The Morgan fingerprint density at radius 2 is 1.66 bits per heavy atom. The molecule has 2 rings (SSSR count). The van der Waals surface area contributed by atoms with Crippen LogP contribution in [-0.2, 0) is 12.4 Å². The Morgan fingerprint density at radius 3 is 2.17 bits per heavy atom. The van der Waals surface area contributed by atoms with E-state index in [2.05, 4.69) is 11.9 Å². The third kappa shape index (κ3) is 6.86. The van der Waals surface area contributed by atoms with Crippen LogP contribution in [0.2, 0.25) is 0 Å². The molecule has 10 heteroatoms. The van der Waals surface area contributed by atoms with Crippen molar-refractivity contribution in [2.75, 3.05) is 26.2 Å². The SMILES string of the molecule is C=CCCCC[C@H](c1c(F)cc(C(F)(F)F)cc1C(F)(F)F)N1CCNCC1.Cl. The number of halogens is 8. The number of alkyl halides is 6. The lowest BCUT2D eigenvalue weighted by molar-refractivity contribution is -0.144. The Hall–Kier alpha value is -1.32. The van der Waals surface area contributed by atoms with Crippen LogP contribution in [0.4, 0.5) is 30.7 Å². The fourth-order valence-electron chi connectivity index (χ4n) is 3.48. The number of unbranched alkanes of at least 4 members (excludes halogenated alkanes) is 2. The van der Waals surface area contributed by atoms with Gasteiger partial charge in [0.05, 0.1) is 11.1 Å². The first-order valence-electron chi connectivity index (χ1n) is 9.09. The highest BCUT2D eigenvalue weighted by molar-refractivity contribution is 5.85.